The van der Waals surface area contributed by atoms with Crippen molar-refractivity contribution in [3.05, 3.63) is 18.2 Å². The molecule has 0 amide bonds. The second-order valence-corrected chi connectivity index (χ2v) is 5.74. The third-order valence-electron chi connectivity index (χ3n) is 3.25. The van der Waals surface area contributed by atoms with Crippen molar-refractivity contribution in [3.63, 3.8) is 0 Å². The maximum atomic E-state index is 11.5. The van der Waals surface area contributed by atoms with E-state index in [0.29, 0.717) is 16.5 Å². The van der Waals surface area contributed by atoms with Crippen LogP contribution in [0.3, 0.4) is 0 Å². The molecule has 24 heavy (non-hydrogen) atoms. The molecule has 2 aromatic rings. The van der Waals surface area contributed by atoms with Crippen molar-refractivity contribution in [1.82, 2.24) is 0 Å². The topological polar surface area (TPSA) is 107 Å². The third kappa shape index (κ3) is 3.62. The predicted molar refractivity (Wildman–Crippen MR) is 87.8 cm³/mol. The Morgan fingerprint density at radius 1 is 1.00 bits per heavy atom. The van der Waals surface area contributed by atoms with Crippen LogP contribution < -0.4 is 4.90 Å². The Morgan fingerprint density at radius 2 is 1.58 bits per heavy atom. The molecular formula is C14H16MoN5O3S-. The van der Waals surface area contributed by atoms with E-state index in [9.17, 15) is 13.5 Å². The third-order valence-corrected chi connectivity index (χ3v) is 3.92. The summed E-state index contributed by atoms with van der Waals surface area (Å²) in [5.74, 6) is -0.259. The fourth-order valence-corrected chi connectivity index (χ4v) is 2.79. The average Bonchev–Trinajstić information content (AvgIpc) is 2.50. The minimum absolute atomic E-state index is 0. The summed E-state index contributed by atoms with van der Waals surface area (Å²) in [6, 6.07) is 4.87. The summed E-state index contributed by atoms with van der Waals surface area (Å²) in [6.07, 6.45) is 0. The summed E-state index contributed by atoms with van der Waals surface area (Å²) in [5, 5.41) is 26.5. The van der Waals surface area contributed by atoms with E-state index in [2.05, 4.69) is 20.5 Å². The zero-order chi connectivity index (χ0) is 17.1. The van der Waals surface area contributed by atoms with Gasteiger partial charge in [0.15, 0.2) is 0 Å². The van der Waals surface area contributed by atoms with Crippen molar-refractivity contribution in [1.29, 1.82) is 0 Å². The molecule has 0 saturated carbocycles. The molecule has 0 spiro atoms. The molecule has 1 N–H and O–H groups in total. The van der Waals surface area contributed by atoms with Crippen LogP contribution >= 0.6 is 0 Å². The summed E-state index contributed by atoms with van der Waals surface area (Å²) in [5.41, 5.74) is 1.12. The number of phenolic OH excluding ortho intramolecular Hbond substituents is 1. The molecule has 0 aromatic heterocycles. The number of rotatable bonds is 4. The number of fused-ring (bicyclic) bond motifs is 1. The number of benzene rings is 2. The summed E-state index contributed by atoms with van der Waals surface area (Å²) in [7, 11) is 4.00. The van der Waals surface area contributed by atoms with Gasteiger partial charge in [0, 0.05) is 60.0 Å². The molecule has 0 radical (unpaired) electrons. The van der Waals surface area contributed by atoms with Gasteiger partial charge in [-0.1, -0.05) is 6.07 Å². The van der Waals surface area contributed by atoms with Gasteiger partial charge in [0.2, 0.25) is 0 Å². The van der Waals surface area contributed by atoms with Crippen molar-refractivity contribution in [2.75, 3.05) is 33.1 Å². The summed E-state index contributed by atoms with van der Waals surface area (Å²) in [6.45, 7) is 0. The second kappa shape index (κ2) is 8.30. The van der Waals surface area contributed by atoms with Crippen LogP contribution in [0.2, 0.25) is 0 Å². The van der Waals surface area contributed by atoms with Crippen LogP contribution in [0, 0.1) is 0 Å². The Kier molecular flexibility index (Phi) is 6.98. The zero-order valence-corrected chi connectivity index (χ0v) is 16.4. The van der Waals surface area contributed by atoms with Crippen molar-refractivity contribution in [3.8, 4) is 5.75 Å². The van der Waals surface area contributed by atoms with Crippen molar-refractivity contribution in [2.45, 2.75) is 4.90 Å². The number of hydrogen-bond acceptors (Lipinski definition) is 9. The van der Waals surface area contributed by atoms with Crippen LogP contribution in [0.4, 0.5) is 17.1 Å². The van der Waals surface area contributed by atoms with Gasteiger partial charge in [0.05, 0.1) is 5.69 Å². The zero-order valence-electron chi connectivity index (χ0n) is 13.5. The Balaban J connectivity index is 0.00000288. The van der Waals surface area contributed by atoms with E-state index >= 15 is 0 Å². The van der Waals surface area contributed by atoms with E-state index in [1.807, 2.05) is 19.0 Å². The van der Waals surface area contributed by atoms with Gasteiger partial charge >= 0.3 is 0 Å². The van der Waals surface area contributed by atoms with Crippen LogP contribution in [-0.4, -0.2) is 33.3 Å². The molecule has 8 nitrogen and oxygen atoms in total. The molecule has 2 aromatic carbocycles. The number of azo groups is 2. The molecule has 10 heteroatoms. The first-order chi connectivity index (χ1) is 10.9. The Hall–Kier alpha value is -1.86. The van der Waals surface area contributed by atoms with E-state index in [-0.39, 0.29) is 37.4 Å². The van der Waals surface area contributed by atoms with Gasteiger partial charge in [0.25, 0.3) is 0 Å². The first kappa shape index (κ1) is 20.2. The Morgan fingerprint density at radius 3 is 2.08 bits per heavy atom. The fraction of sp³-hybridized carbons (Fsp3) is 0.286. The Labute approximate surface area is 155 Å². The predicted octanol–water partition coefficient (Wildman–Crippen LogP) is 3.70. The molecule has 0 unspecified atom stereocenters. The number of aromatic hydroxyl groups is 1. The van der Waals surface area contributed by atoms with Gasteiger partial charge in [-0.25, -0.2) is 0 Å². The number of hydrogen-bond donors (Lipinski definition) is 1. The summed E-state index contributed by atoms with van der Waals surface area (Å²) in [4.78, 5) is 1.68. The van der Waals surface area contributed by atoms with Gasteiger partial charge in [-0.2, -0.15) is 20.5 Å². The molecule has 0 aliphatic heterocycles. The normalized spacial score (nSPS) is 11.5. The van der Waals surface area contributed by atoms with E-state index in [0.717, 1.165) is 5.69 Å². The van der Waals surface area contributed by atoms with E-state index in [4.69, 9.17) is 0 Å². The molecule has 0 fully saturated rings. The molecular weight excluding hydrogens is 414 g/mol. The molecule has 2 rings (SSSR count). The van der Waals surface area contributed by atoms with Crippen LogP contribution in [0.15, 0.2) is 43.6 Å². The monoisotopic (exact) mass is 432 g/mol. The summed E-state index contributed by atoms with van der Waals surface area (Å²) >= 11 is 0. The molecule has 0 heterocycles. The van der Waals surface area contributed by atoms with Crippen molar-refractivity contribution < 1.29 is 34.6 Å². The van der Waals surface area contributed by atoms with E-state index in [1.54, 1.807) is 12.1 Å². The standard InChI is InChI=1S/C14H16N5O3S.Mo/c1-15-17-12-9-7-11(23(21)22)13(18-16-2)14(20)8(9)5-6-10(12)19(3)4;/h5-7,20H,1-4H3;/q-1;. The maximum absolute atomic E-state index is 11.5. The fourth-order valence-electron chi connectivity index (χ4n) is 2.28. The molecule has 0 aliphatic rings. The van der Waals surface area contributed by atoms with Gasteiger partial charge < -0.3 is 18.4 Å². The van der Waals surface area contributed by atoms with Gasteiger partial charge in [-0.05, 0) is 27.7 Å². The van der Waals surface area contributed by atoms with E-state index in [1.165, 1.54) is 20.2 Å². The average molecular weight is 430 g/mol. The first-order valence-electron chi connectivity index (χ1n) is 6.61. The van der Waals surface area contributed by atoms with Gasteiger partial charge in [0.1, 0.15) is 17.1 Å². The van der Waals surface area contributed by atoms with Crippen LogP contribution in [0.25, 0.3) is 10.8 Å². The largest absolute Gasteiger partial charge is 0.505 e. The van der Waals surface area contributed by atoms with Crippen LogP contribution in [0.5, 0.6) is 5.75 Å². The second-order valence-electron chi connectivity index (χ2n) is 4.83. The number of nitrogens with zero attached hydrogens (tertiary/aromatic N) is 5. The van der Waals surface area contributed by atoms with Gasteiger partial charge in [-0.15, -0.1) is 0 Å². The smallest absolute Gasteiger partial charge is 0.149 e. The number of phenols is 1. The molecule has 0 aliphatic carbocycles. The molecule has 0 saturated heterocycles. The number of anilines is 1. The van der Waals surface area contributed by atoms with Crippen molar-refractivity contribution in [2.24, 2.45) is 20.5 Å². The van der Waals surface area contributed by atoms with Gasteiger partial charge in [-0.3, -0.25) is 0 Å². The van der Waals surface area contributed by atoms with Crippen LogP contribution in [0.1, 0.15) is 0 Å². The van der Waals surface area contributed by atoms with Crippen LogP contribution in [-0.2, 0) is 40.2 Å². The minimum atomic E-state index is -2.59. The maximum Gasteiger partial charge on any atom is 0.149 e. The summed E-state index contributed by atoms with van der Waals surface area (Å²) < 4.78 is 23.0. The molecule has 128 valence electrons. The SMILES string of the molecule is CN=Nc1c([S-](=O)=O)cc2c(N=NC)c(N(C)C)ccc2c1O.[Mo]. The first-order valence-corrected chi connectivity index (χ1v) is 7.68. The Bertz CT molecular complexity index is 886. The van der Waals surface area contributed by atoms with E-state index < -0.39 is 10.7 Å². The molecule has 0 bridgehead atoms. The van der Waals surface area contributed by atoms with Crippen molar-refractivity contribution >= 4 is 38.5 Å². The quantitative estimate of drug-likeness (QED) is 0.453. The minimum Gasteiger partial charge on any atom is -0.505 e. The molecule has 0 atom stereocenters.